The smallest absolute Gasteiger partial charge is 0.122 e. The Morgan fingerprint density at radius 2 is 2.35 bits per heavy atom. The molecule has 17 heavy (non-hydrogen) atoms. The highest BCUT2D eigenvalue weighted by Crippen LogP contribution is 2.30. The van der Waals surface area contributed by atoms with Gasteiger partial charge in [-0.25, -0.2) is 0 Å². The van der Waals surface area contributed by atoms with Crippen LogP contribution < -0.4 is 5.73 Å². The van der Waals surface area contributed by atoms with Gasteiger partial charge in [0.15, 0.2) is 0 Å². The summed E-state index contributed by atoms with van der Waals surface area (Å²) in [7, 11) is 0. The molecule has 96 valence electrons. The van der Waals surface area contributed by atoms with Gasteiger partial charge in [0.05, 0.1) is 17.9 Å². The van der Waals surface area contributed by atoms with E-state index in [4.69, 9.17) is 10.2 Å². The van der Waals surface area contributed by atoms with E-state index in [0.717, 1.165) is 25.1 Å². The molecule has 1 aromatic rings. The van der Waals surface area contributed by atoms with Crippen LogP contribution in [0.5, 0.6) is 0 Å². The van der Waals surface area contributed by atoms with Crippen molar-refractivity contribution in [2.24, 2.45) is 5.73 Å². The van der Waals surface area contributed by atoms with Gasteiger partial charge in [0.25, 0.3) is 0 Å². The maximum atomic E-state index is 10.2. The van der Waals surface area contributed by atoms with Crippen LogP contribution in [0.4, 0.5) is 0 Å². The number of hydrogen-bond acceptors (Lipinski definition) is 4. The first kappa shape index (κ1) is 12.6. The van der Waals surface area contributed by atoms with E-state index in [0.29, 0.717) is 6.54 Å². The van der Waals surface area contributed by atoms with Gasteiger partial charge in [-0.1, -0.05) is 0 Å². The molecule has 4 nitrogen and oxygen atoms in total. The quantitative estimate of drug-likeness (QED) is 0.838. The van der Waals surface area contributed by atoms with Crippen molar-refractivity contribution < 1.29 is 9.52 Å². The fourth-order valence-electron chi connectivity index (χ4n) is 2.73. The summed E-state index contributed by atoms with van der Waals surface area (Å²) in [5.41, 5.74) is 5.45. The second-order valence-electron chi connectivity index (χ2n) is 5.39. The Labute approximate surface area is 102 Å². The lowest BCUT2D eigenvalue weighted by molar-refractivity contribution is -0.0363. The number of furan rings is 1. The third-order valence-corrected chi connectivity index (χ3v) is 3.43. The van der Waals surface area contributed by atoms with Crippen molar-refractivity contribution in [2.75, 3.05) is 13.1 Å². The number of hydrogen-bond donors (Lipinski definition) is 2. The lowest BCUT2D eigenvalue weighted by Gasteiger charge is -2.41. The van der Waals surface area contributed by atoms with Gasteiger partial charge >= 0.3 is 0 Å². The van der Waals surface area contributed by atoms with Crippen LogP contribution >= 0.6 is 0 Å². The summed E-state index contributed by atoms with van der Waals surface area (Å²) < 4.78 is 5.48. The molecule has 1 saturated heterocycles. The van der Waals surface area contributed by atoms with Crippen LogP contribution in [0.25, 0.3) is 0 Å². The fraction of sp³-hybridized carbons (Fsp3) is 0.692. The Morgan fingerprint density at radius 1 is 1.59 bits per heavy atom. The molecule has 2 rings (SSSR count). The first-order valence-corrected chi connectivity index (χ1v) is 6.25. The maximum Gasteiger partial charge on any atom is 0.122 e. The minimum absolute atomic E-state index is 0.0185. The number of rotatable bonds is 3. The topological polar surface area (TPSA) is 62.6 Å². The van der Waals surface area contributed by atoms with Crippen molar-refractivity contribution in [3.63, 3.8) is 0 Å². The lowest BCUT2D eigenvalue weighted by atomic mass is 9.92. The van der Waals surface area contributed by atoms with Gasteiger partial charge in [-0.05, 0) is 45.4 Å². The Balaban J connectivity index is 2.17. The Morgan fingerprint density at radius 3 is 2.88 bits per heavy atom. The molecule has 2 heterocycles. The van der Waals surface area contributed by atoms with E-state index in [2.05, 4.69) is 4.90 Å². The summed E-state index contributed by atoms with van der Waals surface area (Å²) in [6.07, 6.45) is 3.52. The minimum atomic E-state index is -0.613. The zero-order valence-electron chi connectivity index (χ0n) is 10.6. The van der Waals surface area contributed by atoms with Crippen molar-refractivity contribution in [1.82, 2.24) is 4.90 Å². The molecule has 0 spiro atoms. The Kier molecular flexibility index (Phi) is 3.56. The maximum absolute atomic E-state index is 10.2. The average Bonchev–Trinajstić information content (AvgIpc) is 2.69. The summed E-state index contributed by atoms with van der Waals surface area (Å²) in [4.78, 5) is 2.23. The van der Waals surface area contributed by atoms with E-state index in [1.807, 2.05) is 26.0 Å². The molecule has 0 bridgehead atoms. The fourth-order valence-corrected chi connectivity index (χ4v) is 2.73. The second-order valence-corrected chi connectivity index (χ2v) is 5.39. The molecule has 3 unspecified atom stereocenters. The van der Waals surface area contributed by atoms with Gasteiger partial charge in [-0.2, -0.15) is 0 Å². The zero-order chi connectivity index (χ0) is 12.5. The average molecular weight is 238 g/mol. The number of nitrogens with two attached hydrogens (primary N) is 1. The van der Waals surface area contributed by atoms with Crippen LogP contribution in [0.1, 0.15) is 38.5 Å². The summed E-state index contributed by atoms with van der Waals surface area (Å²) in [6, 6.07) is 3.87. The molecule has 3 N–H and O–H groups in total. The normalized spacial score (nSPS) is 30.1. The first-order valence-electron chi connectivity index (χ1n) is 6.25. The molecule has 0 radical (unpaired) electrons. The molecule has 0 aliphatic carbocycles. The van der Waals surface area contributed by atoms with Gasteiger partial charge in [-0.3, -0.25) is 4.90 Å². The summed E-state index contributed by atoms with van der Waals surface area (Å²) in [5.74, 6) is 0.887. The molecule has 4 heteroatoms. The van der Waals surface area contributed by atoms with Crippen molar-refractivity contribution in [3.05, 3.63) is 24.2 Å². The van der Waals surface area contributed by atoms with Crippen molar-refractivity contribution in [1.29, 1.82) is 0 Å². The Hall–Kier alpha value is -0.840. The van der Waals surface area contributed by atoms with Crippen molar-refractivity contribution in [2.45, 2.75) is 44.4 Å². The molecule has 1 fully saturated rings. The summed E-state index contributed by atoms with van der Waals surface area (Å²) in [5, 5.41) is 10.2. The van der Waals surface area contributed by atoms with E-state index in [-0.39, 0.29) is 12.1 Å². The van der Waals surface area contributed by atoms with E-state index in [1.54, 1.807) is 6.26 Å². The lowest BCUT2D eigenvalue weighted by Crippen LogP contribution is -2.50. The summed E-state index contributed by atoms with van der Waals surface area (Å²) in [6.45, 7) is 5.49. The highest BCUT2D eigenvalue weighted by molar-refractivity contribution is 5.08. The van der Waals surface area contributed by atoms with Crippen LogP contribution in [-0.4, -0.2) is 34.7 Å². The van der Waals surface area contributed by atoms with Crippen molar-refractivity contribution in [3.8, 4) is 0 Å². The zero-order valence-corrected chi connectivity index (χ0v) is 10.6. The highest BCUT2D eigenvalue weighted by atomic mass is 16.3. The second kappa shape index (κ2) is 4.80. The standard InChI is InChI=1S/C13H22N2O2/c1-10(14)12(11-5-3-8-17-11)15-7-4-6-13(2,16)9-15/h3,5,8,10,12,16H,4,6-7,9,14H2,1-2H3. The van der Waals surface area contributed by atoms with Gasteiger partial charge in [0, 0.05) is 12.6 Å². The van der Waals surface area contributed by atoms with Gasteiger partial charge in [0.1, 0.15) is 5.76 Å². The highest BCUT2D eigenvalue weighted by Gasteiger charge is 2.35. The number of likely N-dealkylation sites (tertiary alicyclic amines) is 1. The van der Waals surface area contributed by atoms with E-state index in [9.17, 15) is 5.11 Å². The Bertz CT molecular complexity index is 346. The molecule has 3 atom stereocenters. The van der Waals surface area contributed by atoms with Gasteiger partial charge in [-0.15, -0.1) is 0 Å². The molecule has 1 aliphatic heterocycles. The number of β-amino-alcohol motifs (C(OH)–C–C–N with tert-alkyl or cyclic N) is 1. The van der Waals surface area contributed by atoms with Crippen molar-refractivity contribution >= 4 is 0 Å². The molecular formula is C13H22N2O2. The van der Waals surface area contributed by atoms with Crippen LogP contribution in [-0.2, 0) is 0 Å². The van der Waals surface area contributed by atoms with Crippen LogP contribution in [0.15, 0.2) is 22.8 Å². The van der Waals surface area contributed by atoms with E-state index >= 15 is 0 Å². The van der Waals surface area contributed by atoms with E-state index in [1.165, 1.54) is 0 Å². The van der Waals surface area contributed by atoms with Gasteiger partial charge < -0.3 is 15.3 Å². The predicted octanol–water partition coefficient (Wildman–Crippen LogP) is 1.51. The number of aliphatic hydroxyl groups is 1. The molecule has 1 aromatic heterocycles. The molecule has 0 aromatic carbocycles. The molecular weight excluding hydrogens is 216 g/mol. The minimum Gasteiger partial charge on any atom is -0.468 e. The van der Waals surface area contributed by atoms with Crippen LogP contribution in [0, 0.1) is 0 Å². The van der Waals surface area contributed by atoms with Gasteiger partial charge in [0.2, 0.25) is 0 Å². The third-order valence-electron chi connectivity index (χ3n) is 3.43. The number of piperidine rings is 1. The van der Waals surface area contributed by atoms with E-state index < -0.39 is 5.60 Å². The number of nitrogens with zero attached hydrogens (tertiary/aromatic N) is 1. The third kappa shape index (κ3) is 2.89. The van der Waals surface area contributed by atoms with Crippen LogP contribution in [0.3, 0.4) is 0 Å². The monoisotopic (exact) mass is 238 g/mol. The summed E-state index contributed by atoms with van der Waals surface area (Å²) >= 11 is 0. The molecule has 0 saturated carbocycles. The molecule has 0 amide bonds. The molecule has 1 aliphatic rings. The largest absolute Gasteiger partial charge is 0.468 e. The predicted molar refractivity (Wildman–Crippen MR) is 66.5 cm³/mol. The SMILES string of the molecule is CC(N)C(c1ccco1)N1CCCC(C)(O)C1. The van der Waals surface area contributed by atoms with Crippen LogP contribution in [0.2, 0.25) is 0 Å². The first-order chi connectivity index (χ1) is 7.99.